The Morgan fingerprint density at radius 3 is 2.59 bits per heavy atom. The number of fused-ring (bicyclic) bond motifs is 1. The molecule has 0 aliphatic rings. The molecule has 0 aliphatic carbocycles. The average molecular weight is 386 g/mol. The van der Waals surface area contributed by atoms with Crippen LogP contribution in [0, 0.1) is 12.7 Å². The lowest BCUT2D eigenvalue weighted by Crippen LogP contribution is -2.27. The highest BCUT2D eigenvalue weighted by molar-refractivity contribution is 7.16. The van der Waals surface area contributed by atoms with Gasteiger partial charge < -0.3 is 9.30 Å². The highest BCUT2D eigenvalue weighted by Gasteiger charge is 2.21. The van der Waals surface area contributed by atoms with Gasteiger partial charge in [-0.2, -0.15) is 4.99 Å². The molecular weight excluding hydrogens is 367 g/mol. The molecule has 140 valence electrons. The summed E-state index contributed by atoms with van der Waals surface area (Å²) < 4.78 is 21.1. The Morgan fingerprint density at radius 1 is 1.22 bits per heavy atom. The SMILES string of the molecule is CCOC(=O)C(C)n1c(=NC(=O)c2ccc(C)cc2)sc2ccc(F)cc21. The minimum absolute atomic E-state index is 0.231. The van der Waals surface area contributed by atoms with Crippen molar-refractivity contribution in [1.29, 1.82) is 0 Å². The van der Waals surface area contributed by atoms with Crippen molar-refractivity contribution in [3.05, 3.63) is 64.2 Å². The van der Waals surface area contributed by atoms with Gasteiger partial charge in [0.2, 0.25) is 0 Å². The van der Waals surface area contributed by atoms with Gasteiger partial charge in [-0.25, -0.2) is 9.18 Å². The first kappa shape index (κ1) is 19.0. The number of esters is 1. The van der Waals surface area contributed by atoms with Gasteiger partial charge in [-0.1, -0.05) is 29.0 Å². The summed E-state index contributed by atoms with van der Waals surface area (Å²) >= 11 is 1.22. The zero-order valence-corrected chi connectivity index (χ0v) is 16.0. The summed E-state index contributed by atoms with van der Waals surface area (Å²) in [6, 6.07) is 10.6. The maximum Gasteiger partial charge on any atom is 0.328 e. The Kier molecular flexibility index (Phi) is 5.51. The molecule has 0 N–H and O–H groups in total. The first-order valence-corrected chi connectivity index (χ1v) is 9.35. The van der Waals surface area contributed by atoms with E-state index in [1.54, 1.807) is 36.6 Å². The number of hydrogen-bond acceptors (Lipinski definition) is 4. The zero-order valence-electron chi connectivity index (χ0n) is 15.2. The molecule has 0 aliphatic heterocycles. The fraction of sp³-hybridized carbons (Fsp3) is 0.250. The number of aryl methyl sites for hydroxylation is 1. The van der Waals surface area contributed by atoms with Crippen LogP contribution < -0.4 is 4.80 Å². The lowest BCUT2D eigenvalue weighted by molar-refractivity contribution is -0.146. The van der Waals surface area contributed by atoms with Gasteiger partial charge in [0, 0.05) is 5.56 Å². The number of ether oxygens (including phenoxy) is 1. The highest BCUT2D eigenvalue weighted by atomic mass is 32.1. The molecule has 3 aromatic rings. The van der Waals surface area contributed by atoms with Gasteiger partial charge in [-0.3, -0.25) is 4.79 Å². The third kappa shape index (κ3) is 3.98. The highest BCUT2D eigenvalue weighted by Crippen LogP contribution is 2.22. The minimum Gasteiger partial charge on any atom is -0.464 e. The van der Waals surface area contributed by atoms with E-state index in [0.717, 1.165) is 10.3 Å². The molecule has 0 fully saturated rings. The monoisotopic (exact) mass is 386 g/mol. The number of amides is 1. The maximum atomic E-state index is 13.8. The normalized spacial score (nSPS) is 13.0. The molecule has 5 nitrogen and oxygen atoms in total. The van der Waals surface area contributed by atoms with Crippen LogP contribution in [-0.2, 0) is 9.53 Å². The number of nitrogens with zero attached hydrogens (tertiary/aromatic N) is 2. The molecule has 27 heavy (non-hydrogen) atoms. The molecular formula is C20H19FN2O3S. The van der Waals surface area contributed by atoms with E-state index in [1.807, 2.05) is 19.1 Å². The smallest absolute Gasteiger partial charge is 0.328 e. The van der Waals surface area contributed by atoms with E-state index < -0.39 is 23.7 Å². The summed E-state index contributed by atoms with van der Waals surface area (Å²) in [7, 11) is 0. The molecule has 0 spiro atoms. The third-order valence-electron chi connectivity index (χ3n) is 4.10. The van der Waals surface area contributed by atoms with Crippen LogP contribution in [0.5, 0.6) is 0 Å². The number of aromatic nitrogens is 1. The van der Waals surface area contributed by atoms with E-state index >= 15 is 0 Å². The summed E-state index contributed by atoms with van der Waals surface area (Å²) in [5.41, 5.74) is 1.98. The second-order valence-corrected chi connectivity index (χ2v) is 7.09. The van der Waals surface area contributed by atoms with Crippen LogP contribution in [0.15, 0.2) is 47.5 Å². The van der Waals surface area contributed by atoms with Crippen molar-refractivity contribution in [3.63, 3.8) is 0 Å². The van der Waals surface area contributed by atoms with Crippen LogP contribution in [0.3, 0.4) is 0 Å². The quantitative estimate of drug-likeness (QED) is 0.637. The molecule has 7 heteroatoms. The lowest BCUT2D eigenvalue weighted by atomic mass is 10.1. The third-order valence-corrected chi connectivity index (χ3v) is 5.13. The minimum atomic E-state index is -0.745. The lowest BCUT2D eigenvalue weighted by Gasteiger charge is -2.13. The molecule has 0 saturated heterocycles. The van der Waals surface area contributed by atoms with Crippen LogP contribution >= 0.6 is 11.3 Å². The molecule has 1 heterocycles. The van der Waals surface area contributed by atoms with Crippen LogP contribution in [-0.4, -0.2) is 23.1 Å². The van der Waals surface area contributed by atoms with Gasteiger partial charge in [0.05, 0.1) is 16.8 Å². The van der Waals surface area contributed by atoms with Gasteiger partial charge >= 0.3 is 5.97 Å². The van der Waals surface area contributed by atoms with E-state index in [2.05, 4.69) is 4.99 Å². The van der Waals surface area contributed by atoms with E-state index in [1.165, 1.54) is 23.5 Å². The van der Waals surface area contributed by atoms with Crippen LogP contribution in [0.4, 0.5) is 4.39 Å². The summed E-state index contributed by atoms with van der Waals surface area (Å²) in [6.07, 6.45) is 0. The second kappa shape index (κ2) is 7.84. The molecule has 0 radical (unpaired) electrons. The Morgan fingerprint density at radius 2 is 1.93 bits per heavy atom. The second-order valence-electron chi connectivity index (χ2n) is 6.08. The number of carbonyl (C=O) groups excluding carboxylic acids is 2. The van der Waals surface area contributed by atoms with Crippen molar-refractivity contribution in [2.75, 3.05) is 6.61 Å². The average Bonchev–Trinajstić information content (AvgIpc) is 2.98. The van der Waals surface area contributed by atoms with Crippen LogP contribution in [0.2, 0.25) is 0 Å². The van der Waals surface area contributed by atoms with Gasteiger partial charge in [0.1, 0.15) is 11.9 Å². The van der Waals surface area contributed by atoms with Gasteiger partial charge in [0.15, 0.2) is 4.80 Å². The van der Waals surface area contributed by atoms with E-state index in [0.29, 0.717) is 15.9 Å². The van der Waals surface area contributed by atoms with Crippen molar-refractivity contribution in [2.24, 2.45) is 4.99 Å². The molecule has 1 unspecified atom stereocenters. The summed E-state index contributed by atoms with van der Waals surface area (Å²) in [5.74, 6) is -1.32. The Labute approximate surface area is 159 Å². The topological polar surface area (TPSA) is 60.7 Å². The Balaban J connectivity index is 2.16. The van der Waals surface area contributed by atoms with Crippen molar-refractivity contribution >= 4 is 33.4 Å². The van der Waals surface area contributed by atoms with E-state index in [-0.39, 0.29) is 6.61 Å². The fourth-order valence-corrected chi connectivity index (χ4v) is 3.76. The molecule has 2 aromatic carbocycles. The van der Waals surface area contributed by atoms with Crippen molar-refractivity contribution in [3.8, 4) is 0 Å². The molecule has 0 saturated carbocycles. The number of carbonyl (C=O) groups is 2. The zero-order chi connectivity index (χ0) is 19.6. The number of thiazole rings is 1. The Bertz CT molecular complexity index is 1070. The largest absolute Gasteiger partial charge is 0.464 e. The first-order valence-electron chi connectivity index (χ1n) is 8.53. The summed E-state index contributed by atoms with van der Waals surface area (Å²) in [4.78, 5) is 29.4. The molecule has 1 aromatic heterocycles. The fourth-order valence-electron chi connectivity index (χ4n) is 2.68. The van der Waals surface area contributed by atoms with Crippen molar-refractivity contribution in [1.82, 2.24) is 4.57 Å². The number of rotatable bonds is 4. The molecule has 3 rings (SSSR count). The van der Waals surface area contributed by atoms with Crippen LogP contribution in [0.25, 0.3) is 10.2 Å². The Hall–Kier alpha value is -2.80. The first-order chi connectivity index (χ1) is 12.9. The summed E-state index contributed by atoms with van der Waals surface area (Å²) in [5, 5.41) is 0. The number of hydrogen-bond donors (Lipinski definition) is 0. The standard InChI is InChI=1S/C20H19FN2O3S/c1-4-26-19(25)13(3)23-16-11-15(21)9-10-17(16)27-20(23)22-18(24)14-7-5-12(2)6-8-14/h5-11,13H,4H2,1-3H3. The van der Waals surface area contributed by atoms with Gasteiger partial charge in [0.25, 0.3) is 5.91 Å². The van der Waals surface area contributed by atoms with Gasteiger partial charge in [-0.15, -0.1) is 0 Å². The van der Waals surface area contributed by atoms with Crippen molar-refractivity contribution < 1.29 is 18.7 Å². The van der Waals surface area contributed by atoms with E-state index in [9.17, 15) is 14.0 Å². The molecule has 1 atom stereocenters. The maximum absolute atomic E-state index is 13.8. The molecule has 1 amide bonds. The predicted octanol–water partition coefficient (Wildman–Crippen LogP) is 4.02. The van der Waals surface area contributed by atoms with Gasteiger partial charge in [-0.05, 0) is 51.1 Å². The number of halogens is 1. The number of benzene rings is 2. The van der Waals surface area contributed by atoms with Crippen LogP contribution in [0.1, 0.15) is 35.8 Å². The predicted molar refractivity (Wildman–Crippen MR) is 102 cm³/mol. The molecule has 0 bridgehead atoms. The van der Waals surface area contributed by atoms with Crippen molar-refractivity contribution in [2.45, 2.75) is 26.8 Å². The van der Waals surface area contributed by atoms with E-state index in [4.69, 9.17) is 4.74 Å². The summed E-state index contributed by atoms with van der Waals surface area (Å²) in [6.45, 7) is 5.52.